The first-order valence-corrected chi connectivity index (χ1v) is 8.56. The minimum atomic E-state index is -3.48. The summed E-state index contributed by atoms with van der Waals surface area (Å²) in [6.07, 6.45) is 0.928. The van der Waals surface area contributed by atoms with E-state index in [0.29, 0.717) is 11.6 Å². The molecule has 2 atom stereocenters. The number of sulfonamides is 1. The molecule has 1 saturated carbocycles. The van der Waals surface area contributed by atoms with Crippen LogP contribution in [0, 0.1) is 11.8 Å². The van der Waals surface area contributed by atoms with Crippen LogP contribution in [0.1, 0.15) is 27.2 Å². The lowest BCUT2D eigenvalue weighted by Crippen LogP contribution is -2.33. The number of hydrogen-bond donors (Lipinski definition) is 1. The number of hydrogen-bond acceptors (Lipinski definition) is 3. The van der Waals surface area contributed by atoms with Crippen LogP contribution in [0.3, 0.4) is 0 Å². The number of nitrogens with one attached hydrogen (secondary N) is 1. The first-order chi connectivity index (χ1) is 9.73. The van der Waals surface area contributed by atoms with Crippen LogP contribution in [-0.2, 0) is 14.8 Å². The van der Waals surface area contributed by atoms with Gasteiger partial charge in [0.2, 0.25) is 15.9 Å². The first kappa shape index (κ1) is 16.0. The standard InChI is InChI=1S/C15H22N2O3S/c1-10(2)17(4)21(19,20)13-7-5-12(6-8-13)16-15(18)14-9-11(14)3/h5-8,10-11,14H,9H2,1-4H3,(H,16,18)/t11-,14-/m1/s1. The summed E-state index contributed by atoms with van der Waals surface area (Å²) in [6, 6.07) is 6.21. The van der Waals surface area contributed by atoms with Gasteiger partial charge in [-0.05, 0) is 50.5 Å². The van der Waals surface area contributed by atoms with Gasteiger partial charge in [0.25, 0.3) is 0 Å². The molecule has 0 aliphatic heterocycles. The van der Waals surface area contributed by atoms with E-state index >= 15 is 0 Å². The summed E-state index contributed by atoms with van der Waals surface area (Å²) in [7, 11) is -1.92. The Balaban J connectivity index is 2.10. The molecule has 1 aliphatic carbocycles. The number of nitrogens with zero attached hydrogens (tertiary/aromatic N) is 1. The van der Waals surface area contributed by atoms with Crippen LogP contribution in [0.15, 0.2) is 29.2 Å². The van der Waals surface area contributed by atoms with Crippen LogP contribution in [0.2, 0.25) is 0 Å². The monoisotopic (exact) mass is 310 g/mol. The first-order valence-electron chi connectivity index (χ1n) is 7.12. The van der Waals surface area contributed by atoms with Gasteiger partial charge in [-0.3, -0.25) is 4.79 Å². The molecule has 5 nitrogen and oxygen atoms in total. The maximum Gasteiger partial charge on any atom is 0.243 e. The molecular formula is C15H22N2O3S. The molecule has 0 radical (unpaired) electrons. The predicted octanol–water partition coefficient (Wildman–Crippen LogP) is 2.31. The van der Waals surface area contributed by atoms with Crippen molar-refractivity contribution in [2.75, 3.05) is 12.4 Å². The van der Waals surface area contributed by atoms with Crippen LogP contribution in [0.4, 0.5) is 5.69 Å². The van der Waals surface area contributed by atoms with Crippen molar-refractivity contribution in [3.05, 3.63) is 24.3 Å². The molecule has 0 heterocycles. The van der Waals surface area contributed by atoms with E-state index in [0.717, 1.165) is 6.42 Å². The molecule has 1 N–H and O–H groups in total. The lowest BCUT2D eigenvalue weighted by atomic mass is 10.3. The van der Waals surface area contributed by atoms with E-state index in [9.17, 15) is 13.2 Å². The summed E-state index contributed by atoms with van der Waals surface area (Å²) in [5.41, 5.74) is 0.630. The predicted molar refractivity (Wildman–Crippen MR) is 82.4 cm³/mol. The highest BCUT2D eigenvalue weighted by Gasteiger charge is 2.39. The molecule has 1 amide bonds. The van der Waals surface area contributed by atoms with Crippen LogP contribution in [-0.4, -0.2) is 31.7 Å². The Bertz CT molecular complexity index is 623. The van der Waals surface area contributed by atoms with E-state index in [1.165, 1.54) is 16.4 Å². The molecule has 0 saturated heterocycles. The van der Waals surface area contributed by atoms with Crippen molar-refractivity contribution in [1.29, 1.82) is 0 Å². The van der Waals surface area contributed by atoms with E-state index in [4.69, 9.17) is 0 Å². The van der Waals surface area contributed by atoms with Crippen molar-refractivity contribution in [3.8, 4) is 0 Å². The van der Waals surface area contributed by atoms with Gasteiger partial charge in [-0.15, -0.1) is 0 Å². The third-order valence-electron chi connectivity index (χ3n) is 3.97. The van der Waals surface area contributed by atoms with E-state index in [2.05, 4.69) is 5.32 Å². The topological polar surface area (TPSA) is 66.5 Å². The highest BCUT2D eigenvalue weighted by Crippen LogP contribution is 2.38. The van der Waals surface area contributed by atoms with Crippen molar-refractivity contribution < 1.29 is 13.2 Å². The molecule has 1 aromatic carbocycles. The Morgan fingerprint density at radius 1 is 1.29 bits per heavy atom. The molecule has 2 rings (SSSR count). The normalized spacial score (nSPS) is 21.6. The SMILES string of the molecule is CC(C)N(C)S(=O)(=O)c1ccc(NC(=O)[C@@H]2C[C@H]2C)cc1. The van der Waals surface area contributed by atoms with Crippen molar-refractivity contribution in [2.24, 2.45) is 11.8 Å². The smallest absolute Gasteiger partial charge is 0.243 e. The Morgan fingerprint density at radius 3 is 2.24 bits per heavy atom. The molecule has 1 aromatic rings. The number of rotatable bonds is 5. The number of amides is 1. The Labute approximate surface area is 126 Å². The fourth-order valence-corrected chi connectivity index (χ4v) is 3.44. The van der Waals surface area contributed by atoms with Crippen molar-refractivity contribution >= 4 is 21.6 Å². The van der Waals surface area contributed by atoms with E-state index in [1.54, 1.807) is 19.2 Å². The second-order valence-corrected chi connectivity index (χ2v) is 7.95. The number of benzene rings is 1. The Kier molecular flexibility index (Phi) is 4.39. The Hall–Kier alpha value is -1.40. The van der Waals surface area contributed by atoms with E-state index in [1.807, 2.05) is 20.8 Å². The van der Waals surface area contributed by atoms with Gasteiger partial charge in [0.15, 0.2) is 0 Å². The van der Waals surface area contributed by atoms with Gasteiger partial charge < -0.3 is 5.32 Å². The second kappa shape index (κ2) is 5.77. The van der Waals surface area contributed by atoms with Gasteiger partial charge in [0.1, 0.15) is 0 Å². The summed E-state index contributed by atoms with van der Waals surface area (Å²) in [4.78, 5) is 12.1. The summed E-state index contributed by atoms with van der Waals surface area (Å²) in [5, 5.41) is 2.82. The fourth-order valence-electron chi connectivity index (χ4n) is 2.08. The Morgan fingerprint density at radius 2 is 1.81 bits per heavy atom. The zero-order chi connectivity index (χ0) is 15.8. The van der Waals surface area contributed by atoms with Gasteiger partial charge in [-0.2, -0.15) is 4.31 Å². The van der Waals surface area contributed by atoms with Gasteiger partial charge in [-0.25, -0.2) is 8.42 Å². The average Bonchev–Trinajstić information content (AvgIpc) is 3.15. The summed E-state index contributed by atoms with van der Waals surface area (Å²) in [5.74, 6) is 0.558. The summed E-state index contributed by atoms with van der Waals surface area (Å²) in [6.45, 7) is 5.69. The molecule has 21 heavy (non-hydrogen) atoms. The minimum Gasteiger partial charge on any atom is -0.326 e. The van der Waals surface area contributed by atoms with E-state index in [-0.39, 0.29) is 22.8 Å². The lowest BCUT2D eigenvalue weighted by molar-refractivity contribution is -0.117. The van der Waals surface area contributed by atoms with Crippen molar-refractivity contribution in [3.63, 3.8) is 0 Å². The summed E-state index contributed by atoms with van der Waals surface area (Å²) >= 11 is 0. The maximum atomic E-state index is 12.3. The molecule has 0 spiro atoms. The molecule has 0 aromatic heterocycles. The quantitative estimate of drug-likeness (QED) is 0.907. The fraction of sp³-hybridized carbons (Fsp3) is 0.533. The van der Waals surface area contributed by atoms with Gasteiger partial charge in [0, 0.05) is 24.7 Å². The van der Waals surface area contributed by atoms with Gasteiger partial charge >= 0.3 is 0 Å². The number of carbonyl (C=O) groups is 1. The lowest BCUT2D eigenvalue weighted by Gasteiger charge is -2.21. The van der Waals surface area contributed by atoms with Crippen LogP contribution >= 0.6 is 0 Å². The highest BCUT2D eigenvalue weighted by atomic mass is 32.2. The third-order valence-corrected chi connectivity index (χ3v) is 6.02. The van der Waals surface area contributed by atoms with Crippen LogP contribution in [0.25, 0.3) is 0 Å². The maximum absolute atomic E-state index is 12.3. The number of carbonyl (C=O) groups excluding carboxylic acids is 1. The molecule has 1 aliphatic rings. The van der Waals surface area contributed by atoms with Crippen LogP contribution < -0.4 is 5.32 Å². The van der Waals surface area contributed by atoms with E-state index < -0.39 is 10.0 Å². The van der Waals surface area contributed by atoms with Gasteiger partial charge in [0.05, 0.1) is 4.90 Å². The molecule has 6 heteroatoms. The van der Waals surface area contributed by atoms with Crippen molar-refractivity contribution in [1.82, 2.24) is 4.31 Å². The molecule has 0 bridgehead atoms. The average molecular weight is 310 g/mol. The molecule has 0 unspecified atom stereocenters. The highest BCUT2D eigenvalue weighted by molar-refractivity contribution is 7.89. The largest absolute Gasteiger partial charge is 0.326 e. The second-order valence-electron chi connectivity index (χ2n) is 5.95. The molecule has 116 valence electrons. The minimum absolute atomic E-state index is 0.0115. The number of anilines is 1. The molecular weight excluding hydrogens is 288 g/mol. The van der Waals surface area contributed by atoms with Gasteiger partial charge in [-0.1, -0.05) is 6.92 Å². The van der Waals surface area contributed by atoms with Crippen LogP contribution in [0.5, 0.6) is 0 Å². The molecule has 1 fully saturated rings. The zero-order valence-electron chi connectivity index (χ0n) is 12.8. The summed E-state index contributed by atoms with van der Waals surface area (Å²) < 4.78 is 25.9. The zero-order valence-corrected chi connectivity index (χ0v) is 13.6. The van der Waals surface area contributed by atoms with Crippen molar-refractivity contribution in [2.45, 2.75) is 38.1 Å². The third kappa shape index (κ3) is 3.44.